The molecule has 0 radical (unpaired) electrons. The first-order chi connectivity index (χ1) is 8.07. The molecule has 3 nitrogen and oxygen atoms in total. The number of nitriles is 1. The van der Waals surface area contributed by atoms with Gasteiger partial charge in [0.25, 0.3) is 0 Å². The molecule has 1 aromatic heterocycles. The minimum Gasteiger partial charge on any atom is -0.350 e. The van der Waals surface area contributed by atoms with E-state index in [0.29, 0.717) is 19.4 Å². The molecule has 0 unspecified atom stereocenters. The zero-order chi connectivity index (χ0) is 12.9. The lowest BCUT2D eigenvalue weighted by molar-refractivity contribution is -0.128. The standard InChI is InChI=1S/C12H15BrN2OS/c1-3-12(4-2,8-14)11(16)15-6-10-5-9(13)7-17-10/h5,7H,3-4,6H2,1-2H3,(H,15,16). The molecule has 0 atom stereocenters. The Morgan fingerprint density at radius 3 is 2.65 bits per heavy atom. The average Bonchev–Trinajstić information content (AvgIpc) is 2.75. The zero-order valence-electron chi connectivity index (χ0n) is 9.92. The fourth-order valence-electron chi connectivity index (χ4n) is 1.56. The Morgan fingerprint density at radius 1 is 1.59 bits per heavy atom. The number of rotatable bonds is 5. The van der Waals surface area contributed by atoms with Crippen molar-refractivity contribution in [2.75, 3.05) is 0 Å². The van der Waals surface area contributed by atoms with Gasteiger partial charge in [-0.05, 0) is 34.8 Å². The molecule has 1 N–H and O–H groups in total. The number of carbonyl (C=O) groups is 1. The van der Waals surface area contributed by atoms with Crippen LogP contribution in [0.4, 0.5) is 0 Å². The molecule has 1 aromatic rings. The van der Waals surface area contributed by atoms with E-state index in [1.165, 1.54) is 0 Å². The third kappa shape index (κ3) is 3.30. The topological polar surface area (TPSA) is 52.9 Å². The Bertz CT molecular complexity index is 432. The van der Waals surface area contributed by atoms with Gasteiger partial charge in [-0.25, -0.2) is 0 Å². The fourth-order valence-corrected chi connectivity index (χ4v) is 2.95. The number of halogens is 1. The van der Waals surface area contributed by atoms with Gasteiger partial charge in [-0.1, -0.05) is 13.8 Å². The molecule has 0 spiro atoms. The first kappa shape index (κ1) is 14.2. The van der Waals surface area contributed by atoms with Gasteiger partial charge in [0.1, 0.15) is 5.41 Å². The summed E-state index contributed by atoms with van der Waals surface area (Å²) < 4.78 is 1.02. The van der Waals surface area contributed by atoms with Gasteiger partial charge in [0.15, 0.2) is 0 Å². The van der Waals surface area contributed by atoms with Crippen LogP contribution in [0.15, 0.2) is 15.9 Å². The summed E-state index contributed by atoms with van der Waals surface area (Å²) in [5, 5.41) is 13.9. The highest BCUT2D eigenvalue weighted by Crippen LogP contribution is 2.26. The van der Waals surface area contributed by atoms with Gasteiger partial charge in [0.05, 0.1) is 12.6 Å². The van der Waals surface area contributed by atoms with Crippen LogP contribution < -0.4 is 5.32 Å². The smallest absolute Gasteiger partial charge is 0.240 e. The SMILES string of the molecule is CCC(C#N)(CC)C(=O)NCc1cc(Br)cs1. The normalized spacial score (nSPS) is 10.9. The summed E-state index contributed by atoms with van der Waals surface area (Å²) >= 11 is 4.95. The molecule has 0 aliphatic heterocycles. The zero-order valence-corrected chi connectivity index (χ0v) is 12.3. The summed E-state index contributed by atoms with van der Waals surface area (Å²) in [6.07, 6.45) is 1.08. The minimum absolute atomic E-state index is 0.172. The molecule has 92 valence electrons. The Hall–Kier alpha value is -0.860. The van der Waals surface area contributed by atoms with Crippen molar-refractivity contribution in [3.05, 3.63) is 20.8 Å². The second-order valence-electron chi connectivity index (χ2n) is 3.81. The van der Waals surface area contributed by atoms with Crippen molar-refractivity contribution < 1.29 is 4.79 Å². The summed E-state index contributed by atoms with van der Waals surface area (Å²) in [6.45, 7) is 4.22. The lowest BCUT2D eigenvalue weighted by Gasteiger charge is -2.21. The third-order valence-corrected chi connectivity index (χ3v) is 4.60. The highest BCUT2D eigenvalue weighted by atomic mass is 79.9. The van der Waals surface area contributed by atoms with Gasteiger partial charge in [-0.2, -0.15) is 5.26 Å². The maximum Gasteiger partial charge on any atom is 0.240 e. The maximum absolute atomic E-state index is 12.0. The Morgan fingerprint density at radius 2 is 2.24 bits per heavy atom. The van der Waals surface area contributed by atoms with Crippen molar-refractivity contribution in [2.24, 2.45) is 5.41 Å². The lowest BCUT2D eigenvalue weighted by Crippen LogP contribution is -2.38. The van der Waals surface area contributed by atoms with Crippen LogP contribution >= 0.6 is 27.3 Å². The molecular weight excluding hydrogens is 300 g/mol. The molecule has 17 heavy (non-hydrogen) atoms. The highest BCUT2D eigenvalue weighted by Gasteiger charge is 2.34. The van der Waals surface area contributed by atoms with Crippen LogP contribution in [0.3, 0.4) is 0 Å². The summed E-state index contributed by atoms with van der Waals surface area (Å²) in [4.78, 5) is 13.1. The number of carbonyl (C=O) groups excluding carboxylic acids is 1. The van der Waals surface area contributed by atoms with E-state index >= 15 is 0 Å². The average molecular weight is 315 g/mol. The summed E-state index contributed by atoms with van der Waals surface area (Å²) in [5.41, 5.74) is -0.880. The minimum atomic E-state index is -0.880. The molecule has 0 fully saturated rings. The Balaban J connectivity index is 2.63. The van der Waals surface area contributed by atoms with Crippen LogP contribution in [0.2, 0.25) is 0 Å². The lowest BCUT2D eigenvalue weighted by atomic mass is 9.83. The molecule has 0 aliphatic rings. The van der Waals surface area contributed by atoms with Crippen LogP contribution in [0.25, 0.3) is 0 Å². The van der Waals surface area contributed by atoms with E-state index in [0.717, 1.165) is 9.35 Å². The van der Waals surface area contributed by atoms with Crippen molar-refractivity contribution in [1.82, 2.24) is 5.32 Å². The Kier molecular flexibility index (Phi) is 5.16. The number of amides is 1. The monoisotopic (exact) mass is 314 g/mol. The largest absolute Gasteiger partial charge is 0.350 e. The molecule has 0 aliphatic carbocycles. The van der Waals surface area contributed by atoms with Crippen LogP contribution in [0, 0.1) is 16.7 Å². The molecular formula is C12H15BrN2OS. The van der Waals surface area contributed by atoms with E-state index in [9.17, 15) is 4.79 Å². The summed E-state index contributed by atoms with van der Waals surface area (Å²) in [5.74, 6) is -0.172. The van der Waals surface area contributed by atoms with Crippen LogP contribution in [-0.2, 0) is 11.3 Å². The number of hydrogen-bond acceptors (Lipinski definition) is 3. The number of nitrogens with zero attached hydrogens (tertiary/aromatic N) is 1. The molecule has 1 amide bonds. The molecule has 1 heterocycles. The third-order valence-electron chi connectivity index (χ3n) is 2.90. The van der Waals surface area contributed by atoms with Gasteiger partial charge in [0, 0.05) is 14.7 Å². The van der Waals surface area contributed by atoms with Crippen LogP contribution in [0.5, 0.6) is 0 Å². The fraction of sp³-hybridized carbons (Fsp3) is 0.500. The van der Waals surface area contributed by atoms with Gasteiger partial charge >= 0.3 is 0 Å². The van der Waals surface area contributed by atoms with Crippen molar-refractivity contribution in [2.45, 2.75) is 33.2 Å². The van der Waals surface area contributed by atoms with Crippen molar-refractivity contribution >= 4 is 33.2 Å². The van der Waals surface area contributed by atoms with Crippen LogP contribution in [0.1, 0.15) is 31.6 Å². The predicted octanol–water partition coefficient (Wildman–Crippen LogP) is 3.46. The molecule has 0 bridgehead atoms. The number of hydrogen-bond donors (Lipinski definition) is 1. The Labute approximate surface area is 114 Å². The van der Waals surface area contributed by atoms with E-state index in [2.05, 4.69) is 27.3 Å². The van der Waals surface area contributed by atoms with E-state index in [1.54, 1.807) is 11.3 Å². The maximum atomic E-state index is 12.0. The van der Waals surface area contributed by atoms with E-state index < -0.39 is 5.41 Å². The second kappa shape index (κ2) is 6.18. The molecule has 1 rings (SSSR count). The van der Waals surface area contributed by atoms with Gasteiger partial charge in [0.2, 0.25) is 5.91 Å². The second-order valence-corrected chi connectivity index (χ2v) is 5.73. The highest BCUT2D eigenvalue weighted by molar-refractivity contribution is 9.10. The molecule has 5 heteroatoms. The predicted molar refractivity (Wildman–Crippen MR) is 72.5 cm³/mol. The summed E-state index contributed by atoms with van der Waals surface area (Å²) in [6, 6.07) is 4.11. The van der Waals surface area contributed by atoms with Crippen molar-refractivity contribution in [1.29, 1.82) is 5.26 Å². The summed E-state index contributed by atoms with van der Waals surface area (Å²) in [7, 11) is 0. The molecule has 0 saturated carbocycles. The van der Waals surface area contributed by atoms with E-state index in [1.807, 2.05) is 25.3 Å². The first-order valence-corrected chi connectivity index (χ1v) is 7.17. The number of thiophene rings is 1. The number of nitrogens with one attached hydrogen (secondary N) is 1. The van der Waals surface area contributed by atoms with Gasteiger partial charge in [-0.3, -0.25) is 4.79 Å². The van der Waals surface area contributed by atoms with Gasteiger partial charge < -0.3 is 5.32 Å². The molecule has 0 aromatic carbocycles. The quantitative estimate of drug-likeness (QED) is 0.905. The van der Waals surface area contributed by atoms with Crippen LogP contribution in [-0.4, -0.2) is 5.91 Å². The molecule has 0 saturated heterocycles. The van der Waals surface area contributed by atoms with E-state index in [-0.39, 0.29) is 5.91 Å². The van der Waals surface area contributed by atoms with Crippen molar-refractivity contribution in [3.63, 3.8) is 0 Å². The van der Waals surface area contributed by atoms with Gasteiger partial charge in [-0.15, -0.1) is 11.3 Å². The van der Waals surface area contributed by atoms with Crippen molar-refractivity contribution in [3.8, 4) is 6.07 Å². The van der Waals surface area contributed by atoms with E-state index in [4.69, 9.17) is 5.26 Å². The first-order valence-electron chi connectivity index (χ1n) is 5.50.